The second-order valence-electron chi connectivity index (χ2n) is 7.91. The third-order valence-corrected chi connectivity index (χ3v) is 5.56. The van der Waals surface area contributed by atoms with Crippen molar-refractivity contribution in [1.82, 2.24) is 15.2 Å². The number of H-pyrrole nitrogens is 1. The van der Waals surface area contributed by atoms with Gasteiger partial charge in [-0.1, -0.05) is 43.0 Å². The zero-order valence-electron chi connectivity index (χ0n) is 18.1. The van der Waals surface area contributed by atoms with Crippen LogP contribution in [0.15, 0.2) is 90.4 Å². The molecule has 6 nitrogen and oxygen atoms in total. The molecule has 0 aliphatic carbocycles. The number of hydrogen-bond donors (Lipinski definition) is 2. The predicted octanol–water partition coefficient (Wildman–Crippen LogP) is 5.48. The van der Waals surface area contributed by atoms with Crippen molar-refractivity contribution in [2.24, 2.45) is 5.73 Å². The van der Waals surface area contributed by atoms with Crippen LogP contribution < -0.4 is 10.5 Å². The molecule has 5 rings (SSSR count). The zero-order chi connectivity index (χ0) is 22.6. The SMILES string of the molecule is C=Cc1n[nH]c2ccc(-c3cc(OC[C@@H](N)Cc4ccccc4)cnc3-c3ccoc3)cc12. The van der Waals surface area contributed by atoms with Crippen molar-refractivity contribution >= 4 is 17.0 Å². The first-order chi connectivity index (χ1) is 16.2. The molecule has 0 radical (unpaired) electrons. The van der Waals surface area contributed by atoms with E-state index >= 15 is 0 Å². The molecule has 0 amide bonds. The molecule has 1 atom stereocenters. The average Bonchev–Trinajstić information content (AvgIpc) is 3.53. The maximum atomic E-state index is 6.31. The van der Waals surface area contributed by atoms with Gasteiger partial charge in [0.15, 0.2) is 0 Å². The summed E-state index contributed by atoms with van der Waals surface area (Å²) in [6.07, 6.45) is 7.55. The first-order valence-electron chi connectivity index (χ1n) is 10.8. The van der Waals surface area contributed by atoms with Gasteiger partial charge in [0.25, 0.3) is 0 Å². The quantitative estimate of drug-likeness (QED) is 0.336. The molecule has 0 unspecified atom stereocenters. The Labute approximate surface area is 191 Å². The van der Waals surface area contributed by atoms with Crippen molar-refractivity contribution in [3.63, 3.8) is 0 Å². The summed E-state index contributed by atoms with van der Waals surface area (Å²) in [7, 11) is 0. The van der Waals surface area contributed by atoms with Crippen molar-refractivity contribution in [3.05, 3.63) is 97.2 Å². The summed E-state index contributed by atoms with van der Waals surface area (Å²) in [5, 5.41) is 8.34. The number of fused-ring (bicyclic) bond motifs is 1. The van der Waals surface area contributed by atoms with E-state index in [1.54, 1.807) is 24.8 Å². The number of benzene rings is 2. The molecule has 0 aliphatic rings. The van der Waals surface area contributed by atoms with Crippen LogP contribution in [-0.2, 0) is 6.42 Å². The Morgan fingerprint density at radius 2 is 1.97 bits per heavy atom. The number of nitrogens with one attached hydrogen (secondary N) is 1. The van der Waals surface area contributed by atoms with Gasteiger partial charge in [0, 0.05) is 22.6 Å². The van der Waals surface area contributed by atoms with Crippen LogP contribution in [0.5, 0.6) is 5.75 Å². The van der Waals surface area contributed by atoms with E-state index in [-0.39, 0.29) is 6.04 Å². The number of nitrogens with two attached hydrogens (primary N) is 1. The van der Waals surface area contributed by atoms with Gasteiger partial charge < -0.3 is 14.9 Å². The molecule has 0 saturated heterocycles. The third kappa shape index (κ3) is 4.42. The Balaban J connectivity index is 1.45. The van der Waals surface area contributed by atoms with E-state index in [4.69, 9.17) is 19.9 Å². The molecule has 3 N–H and O–H groups in total. The number of ether oxygens (including phenoxy) is 1. The van der Waals surface area contributed by atoms with Crippen molar-refractivity contribution in [2.45, 2.75) is 12.5 Å². The molecule has 0 fully saturated rings. The van der Waals surface area contributed by atoms with E-state index in [2.05, 4.69) is 35.0 Å². The minimum absolute atomic E-state index is 0.123. The monoisotopic (exact) mass is 436 g/mol. The van der Waals surface area contributed by atoms with Gasteiger partial charge in [-0.2, -0.15) is 5.10 Å². The van der Waals surface area contributed by atoms with Crippen LogP contribution in [0, 0.1) is 0 Å². The van der Waals surface area contributed by atoms with Gasteiger partial charge in [-0.25, -0.2) is 0 Å². The molecule has 0 aliphatic heterocycles. The summed E-state index contributed by atoms with van der Waals surface area (Å²) < 4.78 is 11.4. The van der Waals surface area contributed by atoms with Gasteiger partial charge >= 0.3 is 0 Å². The molecule has 3 aromatic heterocycles. The number of aromatic nitrogens is 3. The van der Waals surface area contributed by atoms with Crippen LogP contribution in [-0.4, -0.2) is 27.8 Å². The van der Waals surface area contributed by atoms with Gasteiger partial charge in [-0.3, -0.25) is 10.1 Å². The van der Waals surface area contributed by atoms with Gasteiger partial charge in [0.1, 0.15) is 12.4 Å². The molecular formula is C27H24N4O2. The Bertz CT molecular complexity index is 1370. The summed E-state index contributed by atoms with van der Waals surface area (Å²) in [6, 6.07) is 20.1. The molecular weight excluding hydrogens is 412 g/mol. The summed E-state index contributed by atoms with van der Waals surface area (Å²) in [6.45, 7) is 4.25. The lowest BCUT2D eigenvalue weighted by molar-refractivity contribution is 0.287. The van der Waals surface area contributed by atoms with E-state index in [0.717, 1.165) is 45.4 Å². The fraction of sp³-hybridized carbons (Fsp3) is 0.111. The average molecular weight is 437 g/mol. The molecule has 5 aromatic rings. The maximum absolute atomic E-state index is 6.31. The van der Waals surface area contributed by atoms with E-state index in [1.807, 2.05) is 42.5 Å². The maximum Gasteiger partial charge on any atom is 0.138 e. The smallest absolute Gasteiger partial charge is 0.138 e. The molecule has 6 heteroatoms. The standard InChI is InChI=1S/C27H24N4O2/c1-2-25-24-13-19(8-9-26(24)31-30-25)23-14-22(15-29-27(23)20-10-11-32-16-20)33-17-21(28)12-18-6-4-3-5-7-18/h2-11,13-16,21H,1,12,17,28H2,(H,30,31)/t21-/m0/s1. The molecule has 0 spiro atoms. The van der Waals surface area contributed by atoms with Crippen LogP contribution in [0.25, 0.3) is 39.4 Å². The molecule has 0 bridgehead atoms. The molecule has 2 aromatic carbocycles. The van der Waals surface area contributed by atoms with Gasteiger partial charge in [-0.05, 0) is 47.9 Å². The Kier molecular flexibility index (Phi) is 5.74. The van der Waals surface area contributed by atoms with Crippen LogP contribution >= 0.6 is 0 Å². The topological polar surface area (TPSA) is 90.0 Å². The van der Waals surface area contributed by atoms with Crippen LogP contribution in [0.3, 0.4) is 0 Å². The van der Waals surface area contributed by atoms with Gasteiger partial charge in [0.2, 0.25) is 0 Å². The Morgan fingerprint density at radius 1 is 1.09 bits per heavy atom. The number of hydrogen-bond acceptors (Lipinski definition) is 5. The van der Waals surface area contributed by atoms with Crippen molar-refractivity contribution in [2.75, 3.05) is 6.61 Å². The molecule has 0 saturated carbocycles. The minimum atomic E-state index is -0.123. The number of rotatable bonds is 8. The van der Waals surface area contributed by atoms with E-state index in [1.165, 1.54) is 5.56 Å². The lowest BCUT2D eigenvalue weighted by atomic mass is 9.99. The van der Waals surface area contributed by atoms with Crippen molar-refractivity contribution < 1.29 is 9.15 Å². The lowest BCUT2D eigenvalue weighted by Gasteiger charge is -2.15. The highest BCUT2D eigenvalue weighted by atomic mass is 16.5. The van der Waals surface area contributed by atoms with Gasteiger partial charge in [-0.15, -0.1) is 0 Å². The van der Waals surface area contributed by atoms with Crippen LogP contribution in [0.4, 0.5) is 0 Å². The Morgan fingerprint density at radius 3 is 2.76 bits per heavy atom. The lowest BCUT2D eigenvalue weighted by Crippen LogP contribution is -2.30. The first-order valence-corrected chi connectivity index (χ1v) is 10.8. The minimum Gasteiger partial charge on any atom is -0.490 e. The Hall–Kier alpha value is -4.16. The number of nitrogens with zero attached hydrogens (tertiary/aromatic N) is 2. The second kappa shape index (κ2) is 9.14. The van der Waals surface area contributed by atoms with Crippen LogP contribution in [0.2, 0.25) is 0 Å². The molecule has 33 heavy (non-hydrogen) atoms. The molecule has 3 heterocycles. The zero-order valence-corrected chi connectivity index (χ0v) is 18.1. The summed E-state index contributed by atoms with van der Waals surface area (Å²) in [4.78, 5) is 4.70. The second-order valence-corrected chi connectivity index (χ2v) is 7.91. The van der Waals surface area contributed by atoms with Crippen molar-refractivity contribution in [1.29, 1.82) is 0 Å². The number of aromatic amines is 1. The van der Waals surface area contributed by atoms with Gasteiger partial charge in [0.05, 0.1) is 35.6 Å². The third-order valence-electron chi connectivity index (χ3n) is 5.56. The highest BCUT2D eigenvalue weighted by Gasteiger charge is 2.15. The highest BCUT2D eigenvalue weighted by molar-refractivity contribution is 5.92. The fourth-order valence-electron chi connectivity index (χ4n) is 3.91. The van der Waals surface area contributed by atoms with E-state index in [9.17, 15) is 0 Å². The highest BCUT2D eigenvalue weighted by Crippen LogP contribution is 2.35. The normalized spacial score (nSPS) is 12.0. The number of pyridine rings is 1. The van der Waals surface area contributed by atoms with Crippen LogP contribution in [0.1, 0.15) is 11.3 Å². The predicted molar refractivity (Wildman–Crippen MR) is 131 cm³/mol. The molecule has 164 valence electrons. The summed E-state index contributed by atoms with van der Waals surface area (Å²) in [5.74, 6) is 0.664. The summed E-state index contributed by atoms with van der Waals surface area (Å²) in [5.41, 5.74) is 12.9. The summed E-state index contributed by atoms with van der Waals surface area (Å²) >= 11 is 0. The van der Waals surface area contributed by atoms with E-state index < -0.39 is 0 Å². The van der Waals surface area contributed by atoms with E-state index in [0.29, 0.717) is 12.4 Å². The fourth-order valence-corrected chi connectivity index (χ4v) is 3.91. The first kappa shape index (κ1) is 20.7. The van der Waals surface area contributed by atoms with Crippen molar-refractivity contribution in [3.8, 4) is 28.1 Å². The largest absolute Gasteiger partial charge is 0.490 e. The number of furan rings is 1.